The maximum absolute atomic E-state index is 14.4. The Balaban J connectivity index is 1.87. The third-order valence-electron chi connectivity index (χ3n) is 3.90. The van der Waals surface area contributed by atoms with Crippen molar-refractivity contribution in [1.82, 2.24) is 4.98 Å². The third kappa shape index (κ3) is 4.20. The number of thiazole rings is 1. The van der Waals surface area contributed by atoms with Crippen LogP contribution in [0.3, 0.4) is 0 Å². The van der Waals surface area contributed by atoms with E-state index >= 15 is 0 Å². The van der Waals surface area contributed by atoms with Crippen LogP contribution in [0.2, 0.25) is 0 Å². The fourth-order valence-corrected chi connectivity index (χ4v) is 3.61. The number of nitrogens with one attached hydrogen (secondary N) is 1. The minimum absolute atomic E-state index is 0.0510. The first-order chi connectivity index (χ1) is 12.0. The van der Waals surface area contributed by atoms with Crippen molar-refractivity contribution in [2.75, 3.05) is 23.3 Å². The van der Waals surface area contributed by atoms with Crippen LogP contribution in [0, 0.1) is 5.82 Å². The van der Waals surface area contributed by atoms with Gasteiger partial charge in [0.1, 0.15) is 22.6 Å². The number of nitrogens with zero attached hydrogens (tertiary/aromatic N) is 2. The molecule has 9 heteroatoms. The number of piperidine rings is 1. The Bertz CT molecular complexity index is 823. The molecule has 1 N–H and O–H groups in total. The van der Waals surface area contributed by atoms with Crippen LogP contribution in [-0.4, -0.2) is 35.7 Å². The minimum atomic E-state index is -2.72. The Morgan fingerprint density at radius 2 is 1.96 bits per heavy atom. The predicted molar refractivity (Wildman–Crippen MR) is 95.8 cm³/mol. The molecule has 1 aromatic carbocycles. The SMILES string of the molecule is CC(C)(C)OC(=O)Nc1nc2c(N3CCC(F)(F)CC3)c(F)ccc2s1. The zero-order valence-corrected chi connectivity index (χ0v) is 15.6. The second-order valence-electron chi connectivity index (χ2n) is 7.23. The van der Waals surface area contributed by atoms with Crippen LogP contribution in [0.1, 0.15) is 33.6 Å². The number of alkyl halides is 2. The van der Waals surface area contributed by atoms with E-state index in [-0.39, 0.29) is 36.8 Å². The molecule has 142 valence electrons. The number of ether oxygens (including phenoxy) is 1. The molecule has 3 rings (SSSR count). The topological polar surface area (TPSA) is 54.5 Å². The van der Waals surface area contributed by atoms with Gasteiger partial charge in [0.2, 0.25) is 0 Å². The van der Waals surface area contributed by atoms with Gasteiger partial charge in [0, 0.05) is 25.9 Å². The highest BCUT2D eigenvalue weighted by Crippen LogP contribution is 2.38. The maximum Gasteiger partial charge on any atom is 0.413 e. The molecule has 1 fully saturated rings. The molecule has 0 spiro atoms. The molecule has 1 aliphatic rings. The Kier molecular flexibility index (Phi) is 4.76. The monoisotopic (exact) mass is 387 g/mol. The summed E-state index contributed by atoms with van der Waals surface area (Å²) in [5, 5.41) is 2.80. The Morgan fingerprint density at radius 1 is 1.31 bits per heavy atom. The zero-order chi connectivity index (χ0) is 19.1. The van der Waals surface area contributed by atoms with Crippen molar-refractivity contribution in [3.63, 3.8) is 0 Å². The van der Waals surface area contributed by atoms with Gasteiger partial charge in [-0.15, -0.1) is 0 Å². The average molecular weight is 387 g/mol. The molecule has 0 radical (unpaired) electrons. The summed E-state index contributed by atoms with van der Waals surface area (Å²) in [4.78, 5) is 17.8. The second-order valence-corrected chi connectivity index (χ2v) is 8.26. The first kappa shape index (κ1) is 18.8. The molecule has 0 aliphatic carbocycles. The van der Waals surface area contributed by atoms with E-state index in [2.05, 4.69) is 10.3 Å². The van der Waals surface area contributed by atoms with E-state index in [0.717, 1.165) is 0 Å². The molecular formula is C17H20F3N3O2S. The summed E-state index contributed by atoms with van der Waals surface area (Å²) < 4.78 is 47.0. The van der Waals surface area contributed by atoms with Crippen molar-refractivity contribution in [2.24, 2.45) is 0 Å². The van der Waals surface area contributed by atoms with Crippen molar-refractivity contribution in [3.8, 4) is 0 Å². The van der Waals surface area contributed by atoms with E-state index in [4.69, 9.17) is 4.74 Å². The highest BCUT2D eigenvalue weighted by Gasteiger charge is 2.35. The number of aromatic nitrogens is 1. The molecule has 5 nitrogen and oxygen atoms in total. The first-order valence-corrected chi connectivity index (χ1v) is 9.08. The number of amides is 1. The van der Waals surface area contributed by atoms with Crippen LogP contribution in [0.15, 0.2) is 12.1 Å². The van der Waals surface area contributed by atoms with Gasteiger partial charge >= 0.3 is 6.09 Å². The fourth-order valence-electron chi connectivity index (χ4n) is 2.76. The Morgan fingerprint density at radius 3 is 2.58 bits per heavy atom. The van der Waals surface area contributed by atoms with Gasteiger partial charge in [-0.05, 0) is 32.9 Å². The van der Waals surface area contributed by atoms with Crippen LogP contribution in [-0.2, 0) is 4.74 Å². The number of anilines is 2. The zero-order valence-electron chi connectivity index (χ0n) is 14.7. The summed E-state index contributed by atoms with van der Waals surface area (Å²) in [7, 11) is 0. The van der Waals surface area contributed by atoms with Crippen molar-refractivity contribution in [2.45, 2.75) is 45.1 Å². The summed E-state index contributed by atoms with van der Waals surface area (Å²) in [5.41, 5.74) is -0.102. The fraction of sp³-hybridized carbons (Fsp3) is 0.529. The molecular weight excluding hydrogens is 367 g/mol. The van der Waals surface area contributed by atoms with E-state index in [1.807, 2.05) is 0 Å². The summed E-state index contributed by atoms with van der Waals surface area (Å²) in [6.07, 6.45) is -1.30. The summed E-state index contributed by atoms with van der Waals surface area (Å²) in [5.74, 6) is -3.23. The number of carbonyl (C=O) groups is 1. The smallest absolute Gasteiger partial charge is 0.413 e. The van der Waals surface area contributed by atoms with Gasteiger partial charge in [0.25, 0.3) is 5.92 Å². The van der Waals surface area contributed by atoms with Gasteiger partial charge in [-0.3, -0.25) is 5.32 Å². The maximum atomic E-state index is 14.4. The molecule has 0 atom stereocenters. The number of carbonyl (C=O) groups excluding carboxylic acids is 1. The third-order valence-corrected chi connectivity index (χ3v) is 4.84. The van der Waals surface area contributed by atoms with Crippen LogP contribution < -0.4 is 10.2 Å². The lowest BCUT2D eigenvalue weighted by atomic mass is 10.1. The largest absolute Gasteiger partial charge is 0.444 e. The number of hydrogen-bond acceptors (Lipinski definition) is 5. The summed E-state index contributed by atoms with van der Waals surface area (Å²) >= 11 is 1.17. The molecule has 0 unspecified atom stereocenters. The van der Waals surface area contributed by atoms with Gasteiger partial charge < -0.3 is 9.64 Å². The molecule has 2 heterocycles. The van der Waals surface area contributed by atoms with Gasteiger partial charge in [0.15, 0.2) is 5.13 Å². The van der Waals surface area contributed by atoms with Crippen LogP contribution in [0.4, 0.5) is 28.8 Å². The molecule has 1 aromatic heterocycles. The Hall–Kier alpha value is -2.03. The van der Waals surface area contributed by atoms with Gasteiger partial charge in [-0.1, -0.05) is 11.3 Å². The molecule has 0 bridgehead atoms. The van der Waals surface area contributed by atoms with Crippen LogP contribution >= 0.6 is 11.3 Å². The van der Waals surface area contributed by atoms with Crippen molar-refractivity contribution in [1.29, 1.82) is 0 Å². The van der Waals surface area contributed by atoms with Gasteiger partial charge in [0.05, 0.1) is 4.70 Å². The highest BCUT2D eigenvalue weighted by molar-refractivity contribution is 7.22. The molecule has 1 saturated heterocycles. The number of rotatable bonds is 2. The normalized spacial score (nSPS) is 17.4. The van der Waals surface area contributed by atoms with Crippen LogP contribution in [0.5, 0.6) is 0 Å². The van der Waals surface area contributed by atoms with Crippen molar-refractivity contribution in [3.05, 3.63) is 17.9 Å². The van der Waals surface area contributed by atoms with E-state index in [1.54, 1.807) is 31.7 Å². The average Bonchev–Trinajstić information content (AvgIpc) is 2.88. The summed E-state index contributed by atoms with van der Waals surface area (Å²) in [6, 6.07) is 2.85. The Labute approximate surface area is 153 Å². The lowest BCUT2D eigenvalue weighted by molar-refractivity contribution is -0.0221. The van der Waals surface area contributed by atoms with E-state index in [1.165, 1.54) is 17.4 Å². The second kappa shape index (κ2) is 6.61. The quantitative estimate of drug-likeness (QED) is 0.786. The number of fused-ring (bicyclic) bond motifs is 1. The molecule has 0 saturated carbocycles. The number of halogens is 3. The summed E-state index contributed by atoms with van der Waals surface area (Å²) in [6.45, 7) is 5.32. The lowest BCUT2D eigenvalue weighted by Crippen LogP contribution is -2.39. The van der Waals surface area contributed by atoms with Crippen molar-refractivity contribution < 1.29 is 22.7 Å². The van der Waals surface area contributed by atoms with Crippen LogP contribution in [0.25, 0.3) is 10.2 Å². The molecule has 1 aliphatic heterocycles. The number of benzene rings is 1. The molecule has 2 aromatic rings. The highest BCUT2D eigenvalue weighted by atomic mass is 32.1. The predicted octanol–water partition coefficient (Wildman–Crippen LogP) is 5.02. The molecule has 26 heavy (non-hydrogen) atoms. The lowest BCUT2D eigenvalue weighted by Gasteiger charge is -2.33. The van der Waals surface area contributed by atoms with Gasteiger partial charge in [-0.25, -0.2) is 22.9 Å². The molecule has 1 amide bonds. The standard InChI is InChI=1S/C17H20F3N3O2S/c1-16(2,3)25-15(24)22-14-21-12-11(26-14)5-4-10(18)13(12)23-8-6-17(19,20)7-9-23/h4-5H,6-9H2,1-3H3,(H,21,22,24). The van der Waals surface area contributed by atoms with Crippen molar-refractivity contribution >= 4 is 38.5 Å². The van der Waals surface area contributed by atoms with E-state index in [0.29, 0.717) is 10.2 Å². The van der Waals surface area contributed by atoms with Gasteiger partial charge in [-0.2, -0.15) is 0 Å². The minimum Gasteiger partial charge on any atom is -0.444 e. The number of hydrogen-bond donors (Lipinski definition) is 1. The van der Waals surface area contributed by atoms with E-state index in [9.17, 15) is 18.0 Å². The first-order valence-electron chi connectivity index (χ1n) is 8.26. The van der Waals surface area contributed by atoms with E-state index < -0.39 is 23.4 Å².